The summed E-state index contributed by atoms with van der Waals surface area (Å²) in [4.78, 5) is 0. The zero-order chi connectivity index (χ0) is 12.7. The summed E-state index contributed by atoms with van der Waals surface area (Å²) >= 11 is 0. The van der Waals surface area contributed by atoms with Gasteiger partial charge < -0.3 is 10.1 Å². The Bertz CT molecular complexity index is 336. The van der Waals surface area contributed by atoms with E-state index in [-0.39, 0.29) is 0 Å². The topological polar surface area (TPSA) is 21.3 Å². The van der Waals surface area contributed by atoms with Crippen LogP contribution in [0.2, 0.25) is 0 Å². The molecular formula is C15H25NO. The molecule has 1 N–H and O–H groups in total. The molecule has 0 saturated carbocycles. The van der Waals surface area contributed by atoms with Gasteiger partial charge in [-0.15, -0.1) is 0 Å². The summed E-state index contributed by atoms with van der Waals surface area (Å²) in [6.07, 6.45) is 2.26. The lowest BCUT2D eigenvalue weighted by Crippen LogP contribution is -2.25. The van der Waals surface area contributed by atoms with Gasteiger partial charge in [0, 0.05) is 6.04 Å². The minimum atomic E-state index is 0.585. The summed E-state index contributed by atoms with van der Waals surface area (Å²) in [5.74, 6) is 1.03. The smallest absolute Gasteiger partial charge is 0.122 e. The summed E-state index contributed by atoms with van der Waals surface area (Å²) in [6, 6.07) is 6.94. The maximum absolute atomic E-state index is 5.82. The highest BCUT2D eigenvalue weighted by Crippen LogP contribution is 2.19. The molecule has 1 rings (SSSR count). The predicted octanol–water partition coefficient (Wildman–Crippen LogP) is 3.46. The van der Waals surface area contributed by atoms with E-state index >= 15 is 0 Å². The molecule has 0 amide bonds. The van der Waals surface area contributed by atoms with Gasteiger partial charge in [0.1, 0.15) is 5.75 Å². The van der Waals surface area contributed by atoms with Crippen LogP contribution >= 0.6 is 0 Å². The minimum Gasteiger partial charge on any atom is -0.493 e. The molecule has 1 aromatic rings. The number of nitrogens with one attached hydrogen (secondary N) is 1. The molecular weight excluding hydrogens is 210 g/mol. The summed E-state index contributed by atoms with van der Waals surface area (Å²) in [7, 11) is 0. The van der Waals surface area contributed by atoms with Crippen molar-refractivity contribution in [1.82, 2.24) is 5.32 Å². The van der Waals surface area contributed by atoms with E-state index in [0.717, 1.165) is 25.3 Å². The zero-order valence-corrected chi connectivity index (χ0v) is 11.5. The maximum Gasteiger partial charge on any atom is 0.122 e. The van der Waals surface area contributed by atoms with Crippen LogP contribution < -0.4 is 10.1 Å². The Balaban J connectivity index is 2.28. The fraction of sp³-hybridized carbons (Fsp3) is 0.600. The van der Waals surface area contributed by atoms with Gasteiger partial charge in [-0.25, -0.2) is 0 Å². The van der Waals surface area contributed by atoms with E-state index in [1.54, 1.807) is 0 Å². The van der Waals surface area contributed by atoms with Gasteiger partial charge in [0.15, 0.2) is 0 Å². The molecule has 0 aromatic heterocycles. The normalized spacial score (nSPS) is 12.5. The Labute approximate surface area is 105 Å². The first-order valence-electron chi connectivity index (χ1n) is 6.57. The Kier molecular flexibility index (Phi) is 6.06. The third-order valence-corrected chi connectivity index (χ3v) is 2.94. The van der Waals surface area contributed by atoms with Crippen LogP contribution in [-0.4, -0.2) is 19.2 Å². The molecule has 2 heteroatoms. The summed E-state index contributed by atoms with van der Waals surface area (Å²) in [5, 5.41) is 3.41. The number of rotatable bonds is 7. The van der Waals surface area contributed by atoms with Gasteiger partial charge in [0.05, 0.1) is 6.61 Å². The highest BCUT2D eigenvalue weighted by molar-refractivity contribution is 5.35. The highest BCUT2D eigenvalue weighted by atomic mass is 16.5. The molecule has 17 heavy (non-hydrogen) atoms. The van der Waals surface area contributed by atoms with Gasteiger partial charge in [-0.3, -0.25) is 0 Å². The van der Waals surface area contributed by atoms with E-state index in [9.17, 15) is 0 Å². The fourth-order valence-corrected chi connectivity index (χ4v) is 1.88. The quantitative estimate of drug-likeness (QED) is 0.731. The van der Waals surface area contributed by atoms with E-state index in [1.807, 2.05) is 0 Å². The Morgan fingerprint density at radius 1 is 1.29 bits per heavy atom. The van der Waals surface area contributed by atoms with Crippen molar-refractivity contribution in [2.75, 3.05) is 13.2 Å². The Hall–Kier alpha value is -1.02. The largest absolute Gasteiger partial charge is 0.493 e. The zero-order valence-electron chi connectivity index (χ0n) is 11.5. The molecule has 0 radical (unpaired) electrons. The summed E-state index contributed by atoms with van der Waals surface area (Å²) in [6.45, 7) is 10.4. The van der Waals surface area contributed by atoms with Crippen LogP contribution in [0.15, 0.2) is 18.2 Å². The maximum atomic E-state index is 5.82. The molecule has 0 saturated heterocycles. The SMILES string of the molecule is CCNC(C)CCCOc1cc(C)ccc1C. The van der Waals surface area contributed by atoms with E-state index in [1.165, 1.54) is 17.5 Å². The fourth-order valence-electron chi connectivity index (χ4n) is 1.88. The van der Waals surface area contributed by atoms with Crippen LogP contribution in [-0.2, 0) is 0 Å². The van der Waals surface area contributed by atoms with Crippen molar-refractivity contribution in [3.8, 4) is 5.75 Å². The van der Waals surface area contributed by atoms with Crippen LogP contribution in [0, 0.1) is 13.8 Å². The average Bonchev–Trinajstić information content (AvgIpc) is 2.29. The van der Waals surface area contributed by atoms with Gasteiger partial charge in [0.2, 0.25) is 0 Å². The van der Waals surface area contributed by atoms with Crippen molar-refractivity contribution < 1.29 is 4.74 Å². The van der Waals surface area contributed by atoms with Crippen LogP contribution in [0.5, 0.6) is 5.75 Å². The summed E-state index contributed by atoms with van der Waals surface area (Å²) in [5.41, 5.74) is 2.47. The van der Waals surface area contributed by atoms with Gasteiger partial charge in [-0.05, 0) is 57.4 Å². The highest BCUT2D eigenvalue weighted by Gasteiger charge is 2.02. The van der Waals surface area contributed by atoms with Crippen LogP contribution in [0.25, 0.3) is 0 Å². The molecule has 0 heterocycles. The predicted molar refractivity (Wildman–Crippen MR) is 73.8 cm³/mol. The van der Waals surface area contributed by atoms with E-state index in [0.29, 0.717) is 6.04 Å². The molecule has 0 spiro atoms. The first-order chi connectivity index (χ1) is 8.13. The number of aryl methyl sites for hydroxylation is 2. The van der Waals surface area contributed by atoms with Crippen molar-refractivity contribution in [1.29, 1.82) is 0 Å². The lowest BCUT2D eigenvalue weighted by molar-refractivity contribution is 0.296. The van der Waals surface area contributed by atoms with Gasteiger partial charge >= 0.3 is 0 Å². The lowest BCUT2D eigenvalue weighted by Gasteiger charge is -2.13. The van der Waals surface area contributed by atoms with E-state index in [4.69, 9.17) is 4.74 Å². The second kappa shape index (κ2) is 7.33. The molecule has 1 unspecified atom stereocenters. The number of benzene rings is 1. The van der Waals surface area contributed by atoms with Gasteiger partial charge in [0.25, 0.3) is 0 Å². The lowest BCUT2D eigenvalue weighted by atomic mass is 10.1. The third kappa shape index (κ3) is 5.22. The standard InChI is InChI=1S/C15H25NO/c1-5-16-14(4)7-6-10-17-15-11-12(2)8-9-13(15)3/h8-9,11,14,16H,5-7,10H2,1-4H3. The van der Waals surface area contributed by atoms with E-state index in [2.05, 4.69) is 51.2 Å². The first kappa shape index (κ1) is 14.0. The van der Waals surface area contributed by atoms with Crippen molar-refractivity contribution in [2.45, 2.75) is 46.6 Å². The molecule has 0 aliphatic carbocycles. The van der Waals surface area contributed by atoms with Crippen molar-refractivity contribution in [3.05, 3.63) is 29.3 Å². The van der Waals surface area contributed by atoms with Crippen LogP contribution in [0.1, 0.15) is 37.8 Å². The first-order valence-corrected chi connectivity index (χ1v) is 6.57. The third-order valence-electron chi connectivity index (χ3n) is 2.94. The second-order valence-electron chi connectivity index (χ2n) is 4.72. The number of hydrogen-bond acceptors (Lipinski definition) is 2. The molecule has 0 bridgehead atoms. The summed E-state index contributed by atoms with van der Waals surface area (Å²) < 4.78 is 5.82. The number of ether oxygens (including phenoxy) is 1. The van der Waals surface area contributed by atoms with Crippen molar-refractivity contribution >= 4 is 0 Å². The molecule has 96 valence electrons. The van der Waals surface area contributed by atoms with Crippen molar-refractivity contribution in [2.24, 2.45) is 0 Å². The van der Waals surface area contributed by atoms with Crippen LogP contribution in [0.4, 0.5) is 0 Å². The molecule has 1 atom stereocenters. The Morgan fingerprint density at radius 3 is 2.76 bits per heavy atom. The molecule has 0 aliphatic heterocycles. The minimum absolute atomic E-state index is 0.585. The average molecular weight is 235 g/mol. The van der Waals surface area contributed by atoms with Crippen LogP contribution in [0.3, 0.4) is 0 Å². The van der Waals surface area contributed by atoms with Crippen molar-refractivity contribution in [3.63, 3.8) is 0 Å². The second-order valence-corrected chi connectivity index (χ2v) is 4.72. The number of hydrogen-bond donors (Lipinski definition) is 1. The van der Waals surface area contributed by atoms with E-state index < -0.39 is 0 Å². The molecule has 0 fully saturated rings. The molecule has 1 aromatic carbocycles. The van der Waals surface area contributed by atoms with Gasteiger partial charge in [-0.1, -0.05) is 19.1 Å². The Morgan fingerprint density at radius 2 is 2.06 bits per heavy atom. The van der Waals surface area contributed by atoms with Gasteiger partial charge in [-0.2, -0.15) is 0 Å². The molecule has 2 nitrogen and oxygen atoms in total. The monoisotopic (exact) mass is 235 g/mol. The molecule has 0 aliphatic rings.